The van der Waals surface area contributed by atoms with Gasteiger partial charge in [-0.3, -0.25) is 9.59 Å². The standard InChI is InChI=1S/C17H18N2O4/c1-22-11-5-3-4-10(6-11)12-7-14(12)19-17(21)13-9-18-16(20)8-15(13)23-2/h3-6,8-9,12,14H,7H2,1-2H3,(H,18,20)(H,19,21)/t12-,14+/m0/s1. The molecule has 1 aliphatic carbocycles. The van der Waals surface area contributed by atoms with Gasteiger partial charge >= 0.3 is 0 Å². The van der Waals surface area contributed by atoms with Crippen LogP contribution >= 0.6 is 0 Å². The van der Waals surface area contributed by atoms with Crippen LogP contribution in [0.25, 0.3) is 0 Å². The number of H-pyrrole nitrogens is 1. The van der Waals surface area contributed by atoms with Crippen molar-refractivity contribution >= 4 is 5.91 Å². The number of aromatic amines is 1. The predicted molar refractivity (Wildman–Crippen MR) is 85.2 cm³/mol. The number of methoxy groups -OCH3 is 2. The lowest BCUT2D eigenvalue weighted by Gasteiger charge is -2.09. The van der Waals surface area contributed by atoms with Gasteiger partial charge in [-0.1, -0.05) is 12.1 Å². The zero-order chi connectivity index (χ0) is 16.4. The molecule has 2 aromatic rings. The molecule has 0 unspecified atom stereocenters. The number of hydrogen-bond acceptors (Lipinski definition) is 4. The molecule has 6 nitrogen and oxygen atoms in total. The molecular formula is C17H18N2O4. The number of pyridine rings is 1. The van der Waals surface area contributed by atoms with Crippen LogP contribution in [0.3, 0.4) is 0 Å². The van der Waals surface area contributed by atoms with Gasteiger partial charge in [-0.2, -0.15) is 0 Å². The molecule has 6 heteroatoms. The molecule has 0 aliphatic heterocycles. The summed E-state index contributed by atoms with van der Waals surface area (Å²) in [5, 5.41) is 2.97. The fraction of sp³-hybridized carbons (Fsp3) is 0.294. The largest absolute Gasteiger partial charge is 0.497 e. The Morgan fingerprint density at radius 3 is 2.83 bits per heavy atom. The number of carbonyl (C=O) groups is 1. The van der Waals surface area contributed by atoms with Crippen molar-refractivity contribution in [2.24, 2.45) is 0 Å². The molecule has 120 valence electrons. The number of amides is 1. The Hall–Kier alpha value is -2.76. The Bertz CT molecular complexity index is 784. The summed E-state index contributed by atoms with van der Waals surface area (Å²) in [6.45, 7) is 0. The van der Waals surface area contributed by atoms with E-state index in [2.05, 4.69) is 10.3 Å². The highest BCUT2D eigenvalue weighted by Crippen LogP contribution is 2.42. The minimum atomic E-state index is -0.306. The summed E-state index contributed by atoms with van der Waals surface area (Å²) in [5.74, 6) is 1.10. The Morgan fingerprint density at radius 2 is 2.09 bits per heavy atom. The topological polar surface area (TPSA) is 80.4 Å². The molecular weight excluding hydrogens is 296 g/mol. The fourth-order valence-electron chi connectivity index (χ4n) is 2.64. The van der Waals surface area contributed by atoms with Crippen molar-refractivity contribution in [3.05, 3.63) is 58.0 Å². The van der Waals surface area contributed by atoms with Gasteiger partial charge in [0.25, 0.3) is 11.5 Å². The summed E-state index contributed by atoms with van der Waals surface area (Å²) in [7, 11) is 3.06. The van der Waals surface area contributed by atoms with E-state index in [-0.39, 0.29) is 29.2 Å². The van der Waals surface area contributed by atoms with Crippen LogP contribution in [-0.4, -0.2) is 31.2 Å². The Kier molecular flexibility index (Phi) is 4.06. The van der Waals surface area contributed by atoms with Crippen LogP contribution in [0.4, 0.5) is 0 Å². The van der Waals surface area contributed by atoms with Crippen molar-refractivity contribution < 1.29 is 14.3 Å². The minimum absolute atomic E-state index is 0.0752. The molecule has 0 radical (unpaired) electrons. The van der Waals surface area contributed by atoms with Crippen molar-refractivity contribution in [2.75, 3.05) is 14.2 Å². The number of ether oxygens (including phenoxy) is 2. The first kappa shape index (κ1) is 15.1. The summed E-state index contributed by atoms with van der Waals surface area (Å²) in [4.78, 5) is 26.1. The highest BCUT2D eigenvalue weighted by molar-refractivity contribution is 5.97. The molecule has 1 amide bonds. The fourth-order valence-corrected chi connectivity index (χ4v) is 2.64. The smallest absolute Gasteiger partial charge is 0.256 e. The van der Waals surface area contributed by atoms with Crippen LogP contribution < -0.4 is 20.3 Å². The van der Waals surface area contributed by atoms with Gasteiger partial charge < -0.3 is 19.8 Å². The van der Waals surface area contributed by atoms with Gasteiger partial charge in [0.2, 0.25) is 0 Å². The molecule has 1 heterocycles. The lowest BCUT2D eigenvalue weighted by Crippen LogP contribution is -2.27. The van der Waals surface area contributed by atoms with Gasteiger partial charge in [0.05, 0.1) is 19.8 Å². The monoisotopic (exact) mass is 314 g/mol. The van der Waals surface area contributed by atoms with Crippen molar-refractivity contribution in [3.8, 4) is 11.5 Å². The molecule has 3 rings (SSSR count). The first-order chi connectivity index (χ1) is 11.1. The molecule has 0 spiro atoms. The highest BCUT2D eigenvalue weighted by Gasteiger charge is 2.40. The second-order valence-corrected chi connectivity index (χ2v) is 5.48. The molecule has 1 aliphatic rings. The van der Waals surface area contributed by atoms with Crippen LogP contribution in [0, 0.1) is 0 Å². The first-order valence-corrected chi connectivity index (χ1v) is 7.34. The van der Waals surface area contributed by atoms with Crippen LogP contribution in [0.1, 0.15) is 28.3 Å². The average molecular weight is 314 g/mol. The number of rotatable bonds is 5. The maximum Gasteiger partial charge on any atom is 0.256 e. The van der Waals surface area contributed by atoms with E-state index < -0.39 is 0 Å². The zero-order valence-electron chi connectivity index (χ0n) is 13.0. The predicted octanol–water partition coefficient (Wildman–Crippen LogP) is 1.68. The highest BCUT2D eigenvalue weighted by atomic mass is 16.5. The average Bonchev–Trinajstić information content (AvgIpc) is 3.33. The second-order valence-electron chi connectivity index (χ2n) is 5.48. The van der Waals surface area contributed by atoms with Gasteiger partial charge in [-0.25, -0.2) is 0 Å². The van der Waals surface area contributed by atoms with Crippen LogP contribution in [0.2, 0.25) is 0 Å². The third-order valence-electron chi connectivity index (χ3n) is 3.98. The van der Waals surface area contributed by atoms with E-state index in [9.17, 15) is 9.59 Å². The van der Waals surface area contributed by atoms with Crippen molar-refractivity contribution in [1.29, 1.82) is 0 Å². The maximum absolute atomic E-state index is 12.3. The lowest BCUT2D eigenvalue weighted by molar-refractivity contribution is 0.0947. The second kappa shape index (κ2) is 6.16. The van der Waals surface area contributed by atoms with E-state index >= 15 is 0 Å². The van der Waals surface area contributed by atoms with E-state index in [1.807, 2.05) is 24.3 Å². The van der Waals surface area contributed by atoms with Crippen LogP contribution in [0.5, 0.6) is 11.5 Å². The summed E-state index contributed by atoms with van der Waals surface area (Å²) >= 11 is 0. The summed E-state index contributed by atoms with van der Waals surface area (Å²) < 4.78 is 10.3. The lowest BCUT2D eigenvalue weighted by atomic mass is 10.1. The minimum Gasteiger partial charge on any atom is -0.497 e. The van der Waals surface area contributed by atoms with E-state index in [1.165, 1.54) is 19.4 Å². The number of carbonyl (C=O) groups excluding carboxylic acids is 1. The van der Waals surface area contributed by atoms with E-state index in [4.69, 9.17) is 9.47 Å². The molecule has 1 fully saturated rings. The quantitative estimate of drug-likeness (QED) is 0.880. The molecule has 2 atom stereocenters. The van der Waals surface area contributed by atoms with Crippen molar-refractivity contribution in [3.63, 3.8) is 0 Å². The summed E-state index contributed by atoms with van der Waals surface area (Å²) in [5.41, 5.74) is 1.16. The first-order valence-electron chi connectivity index (χ1n) is 7.34. The van der Waals surface area contributed by atoms with E-state index in [0.717, 1.165) is 17.7 Å². The van der Waals surface area contributed by atoms with Crippen LogP contribution in [0.15, 0.2) is 41.3 Å². The molecule has 0 saturated heterocycles. The third kappa shape index (κ3) is 3.21. The van der Waals surface area contributed by atoms with Gasteiger partial charge in [0.15, 0.2) is 0 Å². The normalized spacial score (nSPS) is 19.0. The third-order valence-corrected chi connectivity index (χ3v) is 3.98. The summed E-state index contributed by atoms with van der Waals surface area (Å²) in [6.07, 6.45) is 2.25. The molecule has 1 aromatic heterocycles. The van der Waals surface area contributed by atoms with E-state index in [1.54, 1.807) is 7.11 Å². The van der Waals surface area contributed by atoms with Gasteiger partial charge in [-0.05, 0) is 24.1 Å². The van der Waals surface area contributed by atoms with Crippen LogP contribution in [-0.2, 0) is 0 Å². The number of hydrogen-bond donors (Lipinski definition) is 2. The Morgan fingerprint density at radius 1 is 1.26 bits per heavy atom. The Balaban J connectivity index is 1.69. The molecule has 0 bridgehead atoms. The number of benzene rings is 1. The maximum atomic E-state index is 12.3. The number of aromatic nitrogens is 1. The molecule has 2 N–H and O–H groups in total. The number of nitrogens with one attached hydrogen (secondary N) is 2. The van der Waals surface area contributed by atoms with Crippen molar-refractivity contribution in [1.82, 2.24) is 10.3 Å². The van der Waals surface area contributed by atoms with Gasteiger partial charge in [-0.15, -0.1) is 0 Å². The summed E-state index contributed by atoms with van der Waals surface area (Å²) in [6, 6.07) is 9.19. The molecule has 1 aromatic carbocycles. The Labute approximate surface area is 133 Å². The molecule has 1 saturated carbocycles. The SMILES string of the molecule is COc1cccc([C@@H]2C[C@H]2NC(=O)c2c[nH]c(=O)cc2OC)c1. The van der Waals surface area contributed by atoms with Gasteiger partial charge in [0.1, 0.15) is 11.5 Å². The molecule has 23 heavy (non-hydrogen) atoms. The van der Waals surface area contributed by atoms with Gasteiger partial charge in [0, 0.05) is 24.2 Å². The van der Waals surface area contributed by atoms with Crippen molar-refractivity contribution in [2.45, 2.75) is 18.4 Å². The van der Waals surface area contributed by atoms with E-state index in [0.29, 0.717) is 5.56 Å². The zero-order valence-corrected chi connectivity index (χ0v) is 13.0.